The summed E-state index contributed by atoms with van der Waals surface area (Å²) in [5.41, 5.74) is 1.79. The molecule has 2 aromatic rings. The van der Waals surface area contributed by atoms with Gasteiger partial charge in [-0.25, -0.2) is 14.2 Å². The van der Waals surface area contributed by atoms with E-state index in [4.69, 9.17) is 4.98 Å². The molecule has 2 aromatic heterocycles. The molecule has 178 valence electrons. The van der Waals surface area contributed by atoms with E-state index in [0.29, 0.717) is 44.1 Å². The lowest BCUT2D eigenvalue weighted by Crippen LogP contribution is -2.49. The summed E-state index contributed by atoms with van der Waals surface area (Å²) in [6.45, 7) is 6.35. The summed E-state index contributed by atoms with van der Waals surface area (Å²) in [7, 11) is 0. The van der Waals surface area contributed by atoms with Crippen molar-refractivity contribution in [1.29, 1.82) is 0 Å². The summed E-state index contributed by atoms with van der Waals surface area (Å²) >= 11 is 0. The van der Waals surface area contributed by atoms with E-state index in [9.17, 15) is 9.59 Å². The van der Waals surface area contributed by atoms with Gasteiger partial charge in [-0.3, -0.25) is 15.0 Å². The number of anilines is 1. The molecular formula is C24H33FN6O2. The van der Waals surface area contributed by atoms with Gasteiger partial charge in [-0.15, -0.1) is 0 Å². The first-order valence-electron chi connectivity index (χ1n) is 12.2. The SMILES string of the molecule is CCc1cn(C2CCN(CC3(F)CCNCC3)CC2)c2ncc(N3CCC(=O)NC3=O)cc12. The highest BCUT2D eigenvalue weighted by molar-refractivity contribution is 6.06. The lowest BCUT2D eigenvalue weighted by atomic mass is 9.92. The number of aryl methyl sites for hydroxylation is 1. The Balaban J connectivity index is 1.32. The van der Waals surface area contributed by atoms with Crippen molar-refractivity contribution < 1.29 is 14.0 Å². The van der Waals surface area contributed by atoms with E-state index in [1.165, 1.54) is 5.56 Å². The van der Waals surface area contributed by atoms with Crippen molar-refractivity contribution in [2.45, 2.75) is 57.2 Å². The number of nitrogens with one attached hydrogen (secondary N) is 2. The molecule has 3 aliphatic rings. The number of imide groups is 1. The van der Waals surface area contributed by atoms with E-state index in [1.807, 2.05) is 6.07 Å². The molecule has 3 amide bonds. The Morgan fingerprint density at radius 2 is 1.94 bits per heavy atom. The Kier molecular flexibility index (Phi) is 6.09. The molecule has 0 aliphatic carbocycles. The lowest BCUT2D eigenvalue weighted by molar-refractivity contribution is -0.120. The number of likely N-dealkylation sites (tertiary alicyclic amines) is 1. The van der Waals surface area contributed by atoms with Gasteiger partial charge in [0.25, 0.3) is 0 Å². The summed E-state index contributed by atoms with van der Waals surface area (Å²) in [5.74, 6) is -0.240. The summed E-state index contributed by atoms with van der Waals surface area (Å²) in [5, 5.41) is 6.68. The van der Waals surface area contributed by atoms with E-state index >= 15 is 4.39 Å². The van der Waals surface area contributed by atoms with E-state index in [1.54, 1.807) is 11.1 Å². The molecule has 2 N–H and O–H groups in total. The number of alkyl halides is 1. The molecule has 8 nitrogen and oxygen atoms in total. The highest BCUT2D eigenvalue weighted by Crippen LogP contribution is 2.33. The van der Waals surface area contributed by atoms with Gasteiger partial charge in [0.05, 0.1) is 11.9 Å². The molecule has 0 bridgehead atoms. The summed E-state index contributed by atoms with van der Waals surface area (Å²) in [6.07, 6.45) is 8.24. The first kappa shape index (κ1) is 22.3. The largest absolute Gasteiger partial charge is 0.329 e. The Hall–Kier alpha value is -2.52. The molecule has 0 unspecified atom stereocenters. The molecule has 0 atom stereocenters. The second kappa shape index (κ2) is 9.02. The Labute approximate surface area is 193 Å². The van der Waals surface area contributed by atoms with Crippen molar-refractivity contribution in [3.8, 4) is 0 Å². The first-order valence-corrected chi connectivity index (χ1v) is 12.2. The van der Waals surface area contributed by atoms with Gasteiger partial charge in [0.2, 0.25) is 5.91 Å². The van der Waals surface area contributed by atoms with Crippen LogP contribution in [0.15, 0.2) is 18.5 Å². The highest BCUT2D eigenvalue weighted by Gasteiger charge is 2.35. The van der Waals surface area contributed by atoms with Crippen LogP contribution in [0, 0.1) is 0 Å². The molecule has 5 heterocycles. The van der Waals surface area contributed by atoms with Crippen molar-refractivity contribution >= 4 is 28.7 Å². The summed E-state index contributed by atoms with van der Waals surface area (Å²) in [6, 6.07) is 1.96. The minimum Gasteiger partial charge on any atom is -0.329 e. The summed E-state index contributed by atoms with van der Waals surface area (Å²) < 4.78 is 17.4. The summed E-state index contributed by atoms with van der Waals surface area (Å²) in [4.78, 5) is 32.4. The normalized spacial score (nSPS) is 22.7. The van der Waals surface area contributed by atoms with E-state index < -0.39 is 11.7 Å². The maximum absolute atomic E-state index is 15.1. The van der Waals surface area contributed by atoms with Crippen LogP contribution in [-0.2, 0) is 11.2 Å². The number of nitrogens with zero attached hydrogens (tertiary/aromatic N) is 4. The number of amides is 3. The third kappa shape index (κ3) is 4.48. The number of rotatable bonds is 5. The van der Waals surface area contributed by atoms with Crippen LogP contribution in [0.4, 0.5) is 14.9 Å². The van der Waals surface area contributed by atoms with Crippen LogP contribution >= 0.6 is 0 Å². The zero-order chi connectivity index (χ0) is 23.0. The third-order valence-corrected chi connectivity index (χ3v) is 7.44. The van der Waals surface area contributed by atoms with Crippen molar-refractivity contribution in [3.63, 3.8) is 0 Å². The Bertz CT molecular complexity index is 1040. The van der Waals surface area contributed by atoms with Crippen LogP contribution in [0.25, 0.3) is 11.0 Å². The van der Waals surface area contributed by atoms with Gasteiger partial charge < -0.3 is 14.8 Å². The average Bonchev–Trinajstić information content (AvgIpc) is 3.18. The van der Waals surface area contributed by atoms with Gasteiger partial charge >= 0.3 is 6.03 Å². The van der Waals surface area contributed by atoms with Gasteiger partial charge in [-0.05, 0) is 56.8 Å². The second-order valence-electron chi connectivity index (χ2n) is 9.64. The number of aromatic nitrogens is 2. The predicted molar refractivity (Wildman–Crippen MR) is 125 cm³/mol. The number of hydrogen-bond donors (Lipinski definition) is 2. The number of pyridine rings is 1. The topological polar surface area (TPSA) is 82.5 Å². The fourth-order valence-electron chi connectivity index (χ4n) is 5.49. The highest BCUT2D eigenvalue weighted by atomic mass is 19.1. The predicted octanol–water partition coefficient (Wildman–Crippen LogP) is 2.77. The van der Waals surface area contributed by atoms with Crippen LogP contribution in [-0.4, -0.2) is 71.3 Å². The lowest BCUT2D eigenvalue weighted by Gasteiger charge is -2.39. The minimum absolute atomic E-state index is 0.240. The monoisotopic (exact) mass is 456 g/mol. The fourth-order valence-corrected chi connectivity index (χ4v) is 5.49. The molecule has 33 heavy (non-hydrogen) atoms. The minimum atomic E-state index is -1.06. The third-order valence-electron chi connectivity index (χ3n) is 7.44. The molecule has 5 rings (SSSR count). The molecule has 0 aromatic carbocycles. The van der Waals surface area contributed by atoms with Crippen LogP contribution in [0.1, 0.15) is 50.6 Å². The molecule has 9 heteroatoms. The van der Waals surface area contributed by atoms with Crippen LogP contribution in [0.2, 0.25) is 0 Å². The number of halogens is 1. The molecule has 3 aliphatic heterocycles. The van der Waals surface area contributed by atoms with E-state index in [2.05, 4.69) is 33.2 Å². The van der Waals surface area contributed by atoms with Gasteiger partial charge in [-0.2, -0.15) is 0 Å². The van der Waals surface area contributed by atoms with Crippen molar-refractivity contribution in [3.05, 3.63) is 24.0 Å². The molecular weight excluding hydrogens is 423 g/mol. The van der Waals surface area contributed by atoms with Gasteiger partial charge in [0, 0.05) is 50.2 Å². The van der Waals surface area contributed by atoms with Crippen molar-refractivity contribution in [1.82, 2.24) is 25.1 Å². The Morgan fingerprint density at radius 3 is 2.64 bits per heavy atom. The van der Waals surface area contributed by atoms with Gasteiger partial charge in [0.1, 0.15) is 11.3 Å². The molecule has 3 fully saturated rings. The van der Waals surface area contributed by atoms with Crippen LogP contribution in [0.3, 0.4) is 0 Å². The smallest absolute Gasteiger partial charge is 0.328 e. The van der Waals surface area contributed by atoms with Gasteiger partial charge in [0.15, 0.2) is 0 Å². The number of fused-ring (bicyclic) bond motifs is 1. The fraction of sp³-hybridized carbons (Fsp3) is 0.625. The Morgan fingerprint density at radius 1 is 1.18 bits per heavy atom. The number of carbonyl (C=O) groups excluding carboxylic acids is 2. The van der Waals surface area contributed by atoms with E-state index in [0.717, 1.165) is 56.5 Å². The number of hydrogen-bond acceptors (Lipinski definition) is 5. The standard InChI is InChI=1S/C24H33FN6O2/c1-2-17-15-31(18-3-10-29(11-4-18)16-24(25)6-8-26-9-7-24)22-20(17)13-19(14-27-22)30-12-5-21(32)28-23(30)33/h13-15,18,26H,2-12,16H2,1H3,(H,28,32,33). The molecule has 3 saturated heterocycles. The quantitative estimate of drug-likeness (QED) is 0.723. The number of urea groups is 1. The molecule has 0 saturated carbocycles. The number of piperidine rings is 2. The maximum Gasteiger partial charge on any atom is 0.328 e. The van der Waals surface area contributed by atoms with Crippen molar-refractivity contribution in [2.75, 3.05) is 44.2 Å². The maximum atomic E-state index is 15.1. The van der Waals surface area contributed by atoms with Crippen LogP contribution in [0.5, 0.6) is 0 Å². The van der Waals surface area contributed by atoms with E-state index in [-0.39, 0.29) is 5.91 Å². The zero-order valence-corrected chi connectivity index (χ0v) is 19.3. The van der Waals surface area contributed by atoms with Gasteiger partial charge in [-0.1, -0.05) is 6.92 Å². The second-order valence-corrected chi connectivity index (χ2v) is 9.64. The molecule has 0 spiro atoms. The average molecular weight is 457 g/mol. The molecule has 0 radical (unpaired) electrons. The number of carbonyl (C=O) groups is 2. The van der Waals surface area contributed by atoms with Crippen LogP contribution < -0.4 is 15.5 Å². The zero-order valence-electron chi connectivity index (χ0n) is 19.3. The van der Waals surface area contributed by atoms with Crippen molar-refractivity contribution in [2.24, 2.45) is 0 Å². The first-order chi connectivity index (χ1) is 16.0.